The summed E-state index contributed by atoms with van der Waals surface area (Å²) in [6.45, 7) is 5.54. The summed E-state index contributed by atoms with van der Waals surface area (Å²) in [6.07, 6.45) is 0.375. The van der Waals surface area contributed by atoms with Crippen LogP contribution in [0.2, 0.25) is 0 Å². The van der Waals surface area contributed by atoms with Gasteiger partial charge in [-0.2, -0.15) is 0 Å². The molecule has 0 radical (unpaired) electrons. The van der Waals surface area contributed by atoms with E-state index in [1.54, 1.807) is 33.0 Å². The molecule has 1 N–H and O–H groups in total. The maximum absolute atomic E-state index is 13.1. The zero-order valence-corrected chi connectivity index (χ0v) is 18.2. The highest BCUT2D eigenvalue weighted by atomic mass is 32.2. The summed E-state index contributed by atoms with van der Waals surface area (Å²) in [6, 6.07) is 13.6. The first-order valence-electron chi connectivity index (χ1n) is 9.59. The quantitative estimate of drug-likeness (QED) is 0.474. The number of carbonyl (C=O) groups is 1. The van der Waals surface area contributed by atoms with Gasteiger partial charge in [0.2, 0.25) is 5.91 Å². The van der Waals surface area contributed by atoms with E-state index >= 15 is 0 Å². The van der Waals surface area contributed by atoms with Crippen molar-refractivity contribution in [1.82, 2.24) is 9.55 Å². The van der Waals surface area contributed by atoms with Crippen molar-refractivity contribution in [3.8, 4) is 0 Å². The van der Waals surface area contributed by atoms with Crippen LogP contribution in [0.15, 0.2) is 58.5 Å². The molecule has 7 heteroatoms. The molecule has 1 aromatic heterocycles. The highest BCUT2D eigenvalue weighted by molar-refractivity contribution is 8.00. The molecule has 5 nitrogen and oxygen atoms in total. The average Bonchev–Trinajstić information content (AvgIpc) is 2.72. The van der Waals surface area contributed by atoms with Crippen molar-refractivity contribution in [3.63, 3.8) is 0 Å². The highest BCUT2D eigenvalue weighted by Gasteiger charge is 2.19. The van der Waals surface area contributed by atoms with Crippen LogP contribution in [0.4, 0.5) is 10.1 Å². The zero-order valence-electron chi connectivity index (χ0n) is 17.4. The Morgan fingerprint density at radius 3 is 2.40 bits per heavy atom. The second-order valence-corrected chi connectivity index (χ2v) is 8.55. The molecule has 1 amide bonds. The minimum Gasteiger partial charge on any atom is -0.325 e. The Bertz CT molecular complexity index is 1110. The predicted molar refractivity (Wildman–Crippen MR) is 119 cm³/mol. The number of aryl methyl sites for hydroxylation is 2. The standard InChI is InChI=1S/C23H24FN3O2S/c1-14-5-11-19(12-6-14)26-21(28)16(3)30-23-25-15(2)20(22(29)27(23)4)13-17-7-9-18(24)10-8-17/h5-12,16H,13H2,1-4H3,(H,26,28). The van der Waals surface area contributed by atoms with E-state index in [1.807, 2.05) is 31.2 Å². The molecule has 0 bridgehead atoms. The van der Waals surface area contributed by atoms with E-state index in [4.69, 9.17) is 0 Å². The summed E-state index contributed by atoms with van der Waals surface area (Å²) in [7, 11) is 1.65. The molecule has 0 saturated carbocycles. The van der Waals surface area contributed by atoms with E-state index in [9.17, 15) is 14.0 Å². The van der Waals surface area contributed by atoms with Crippen LogP contribution in [0.1, 0.15) is 29.3 Å². The van der Waals surface area contributed by atoms with Crippen molar-refractivity contribution < 1.29 is 9.18 Å². The first-order valence-corrected chi connectivity index (χ1v) is 10.5. The zero-order chi connectivity index (χ0) is 21.8. The molecule has 0 fully saturated rings. The molecule has 156 valence electrons. The van der Waals surface area contributed by atoms with Crippen molar-refractivity contribution in [3.05, 3.63) is 87.1 Å². The number of hydrogen-bond acceptors (Lipinski definition) is 4. The van der Waals surface area contributed by atoms with E-state index in [0.717, 1.165) is 16.8 Å². The van der Waals surface area contributed by atoms with Gasteiger partial charge in [-0.3, -0.25) is 14.2 Å². The number of thioether (sulfide) groups is 1. The number of aromatic nitrogens is 2. The lowest BCUT2D eigenvalue weighted by Gasteiger charge is -2.15. The highest BCUT2D eigenvalue weighted by Crippen LogP contribution is 2.23. The van der Waals surface area contributed by atoms with E-state index in [0.29, 0.717) is 22.8 Å². The van der Waals surface area contributed by atoms with Gasteiger partial charge in [-0.25, -0.2) is 9.37 Å². The third-order valence-electron chi connectivity index (χ3n) is 4.81. The second kappa shape index (κ2) is 9.26. The minimum atomic E-state index is -0.438. The van der Waals surface area contributed by atoms with Crippen LogP contribution in [0, 0.1) is 19.7 Å². The maximum Gasteiger partial charge on any atom is 0.257 e. The average molecular weight is 426 g/mol. The molecule has 3 aromatic rings. The molecule has 2 aromatic carbocycles. The molecule has 0 saturated heterocycles. The van der Waals surface area contributed by atoms with Crippen LogP contribution in [0.5, 0.6) is 0 Å². The molecule has 0 aliphatic rings. The van der Waals surface area contributed by atoms with Crippen molar-refractivity contribution >= 4 is 23.4 Å². The Balaban J connectivity index is 1.76. The van der Waals surface area contributed by atoms with E-state index in [-0.39, 0.29) is 17.3 Å². The Kier molecular flexibility index (Phi) is 6.72. The lowest BCUT2D eigenvalue weighted by Crippen LogP contribution is -2.28. The number of nitrogens with one attached hydrogen (secondary N) is 1. The van der Waals surface area contributed by atoms with Gasteiger partial charge in [0, 0.05) is 30.4 Å². The molecule has 0 spiro atoms. The number of amides is 1. The molecule has 1 unspecified atom stereocenters. The van der Waals surface area contributed by atoms with Gasteiger partial charge in [0.15, 0.2) is 5.16 Å². The van der Waals surface area contributed by atoms with Crippen LogP contribution in [-0.2, 0) is 18.3 Å². The van der Waals surface area contributed by atoms with Gasteiger partial charge in [-0.05, 0) is 50.6 Å². The number of anilines is 1. The van der Waals surface area contributed by atoms with Crippen molar-refractivity contribution in [2.75, 3.05) is 5.32 Å². The van der Waals surface area contributed by atoms with Crippen molar-refractivity contribution in [1.29, 1.82) is 0 Å². The Morgan fingerprint density at radius 2 is 1.77 bits per heavy atom. The summed E-state index contributed by atoms with van der Waals surface area (Å²) < 4.78 is 14.6. The lowest BCUT2D eigenvalue weighted by molar-refractivity contribution is -0.115. The second-order valence-electron chi connectivity index (χ2n) is 7.24. The molecule has 30 heavy (non-hydrogen) atoms. The topological polar surface area (TPSA) is 64.0 Å². The molecular weight excluding hydrogens is 401 g/mol. The van der Waals surface area contributed by atoms with Crippen LogP contribution in [-0.4, -0.2) is 20.7 Å². The van der Waals surface area contributed by atoms with Crippen LogP contribution in [0.25, 0.3) is 0 Å². The van der Waals surface area contributed by atoms with Crippen LogP contribution < -0.4 is 10.9 Å². The molecular formula is C23H24FN3O2S. The van der Waals surface area contributed by atoms with Gasteiger partial charge in [0.1, 0.15) is 5.82 Å². The first-order chi connectivity index (χ1) is 14.2. The molecule has 1 atom stereocenters. The normalized spacial score (nSPS) is 11.9. The third kappa shape index (κ3) is 5.16. The number of halogens is 1. The summed E-state index contributed by atoms with van der Waals surface area (Å²) in [5, 5.41) is 2.92. The molecule has 0 aliphatic heterocycles. The number of hydrogen-bond donors (Lipinski definition) is 1. The Hall–Kier alpha value is -2.93. The van der Waals surface area contributed by atoms with Crippen molar-refractivity contribution in [2.24, 2.45) is 7.05 Å². The fourth-order valence-corrected chi connectivity index (χ4v) is 3.85. The summed E-state index contributed by atoms with van der Waals surface area (Å²) in [5.74, 6) is -0.475. The van der Waals surface area contributed by atoms with Gasteiger partial charge in [0.25, 0.3) is 5.56 Å². The van der Waals surface area contributed by atoms with Gasteiger partial charge < -0.3 is 5.32 Å². The van der Waals surface area contributed by atoms with Crippen molar-refractivity contribution in [2.45, 2.75) is 37.6 Å². The molecule has 1 heterocycles. The molecule has 3 rings (SSSR count). The van der Waals surface area contributed by atoms with Crippen LogP contribution in [0.3, 0.4) is 0 Å². The third-order valence-corrected chi connectivity index (χ3v) is 5.96. The first kappa shape index (κ1) is 21.8. The van der Waals surface area contributed by atoms with Gasteiger partial charge in [-0.15, -0.1) is 0 Å². The van der Waals surface area contributed by atoms with Crippen LogP contribution >= 0.6 is 11.8 Å². The summed E-state index contributed by atoms with van der Waals surface area (Å²) >= 11 is 1.24. The monoisotopic (exact) mass is 425 g/mol. The smallest absolute Gasteiger partial charge is 0.257 e. The van der Waals surface area contributed by atoms with E-state index in [2.05, 4.69) is 10.3 Å². The van der Waals surface area contributed by atoms with Gasteiger partial charge in [0.05, 0.1) is 5.25 Å². The summed E-state index contributed by atoms with van der Waals surface area (Å²) in [4.78, 5) is 30.0. The molecule has 0 aliphatic carbocycles. The number of carbonyl (C=O) groups excluding carboxylic acids is 1. The summed E-state index contributed by atoms with van der Waals surface area (Å²) in [5.41, 5.74) is 3.68. The van der Waals surface area contributed by atoms with E-state index < -0.39 is 5.25 Å². The number of rotatable bonds is 6. The Labute approximate surface area is 179 Å². The maximum atomic E-state index is 13.1. The largest absolute Gasteiger partial charge is 0.325 e. The SMILES string of the molecule is Cc1ccc(NC(=O)C(C)Sc2nc(C)c(Cc3ccc(F)cc3)c(=O)n2C)cc1. The van der Waals surface area contributed by atoms with Gasteiger partial charge >= 0.3 is 0 Å². The lowest BCUT2D eigenvalue weighted by atomic mass is 10.1. The van der Waals surface area contributed by atoms with Gasteiger partial charge in [-0.1, -0.05) is 41.6 Å². The fourth-order valence-electron chi connectivity index (χ4n) is 2.94. The van der Waals surface area contributed by atoms with E-state index in [1.165, 1.54) is 28.5 Å². The number of benzene rings is 2. The minimum absolute atomic E-state index is 0.161. The number of nitrogens with zero attached hydrogens (tertiary/aromatic N) is 2. The Morgan fingerprint density at radius 1 is 1.13 bits per heavy atom. The fraction of sp³-hybridized carbons (Fsp3) is 0.261. The predicted octanol–water partition coefficient (Wildman–Crippen LogP) is 4.25.